The highest BCUT2D eigenvalue weighted by molar-refractivity contribution is 9.10. The van der Waals surface area contributed by atoms with Crippen LogP contribution in [0.1, 0.15) is 37.3 Å². The molecule has 0 radical (unpaired) electrons. The molecule has 3 aromatic carbocycles. The molecule has 7 heteroatoms. The number of thioether (sulfide) groups is 1. The zero-order chi connectivity index (χ0) is 25.8. The van der Waals surface area contributed by atoms with E-state index in [9.17, 15) is 9.59 Å². The fourth-order valence-corrected chi connectivity index (χ4v) is 5.04. The molecule has 1 N–H and O–H groups in total. The van der Waals surface area contributed by atoms with Gasteiger partial charge in [0.2, 0.25) is 11.8 Å². The van der Waals surface area contributed by atoms with Crippen molar-refractivity contribution in [1.82, 2.24) is 10.2 Å². The lowest BCUT2D eigenvalue weighted by Crippen LogP contribution is -2.50. The van der Waals surface area contributed by atoms with Crippen LogP contribution in [0.5, 0.6) is 0 Å². The second-order valence-electron chi connectivity index (χ2n) is 8.55. The third-order valence-corrected chi connectivity index (χ3v) is 7.58. The maximum absolute atomic E-state index is 13.6. The summed E-state index contributed by atoms with van der Waals surface area (Å²) in [7, 11) is 0. The van der Waals surface area contributed by atoms with Crippen molar-refractivity contribution in [1.29, 1.82) is 0 Å². The first-order chi connectivity index (χ1) is 17.5. The first-order valence-corrected chi connectivity index (χ1v) is 14.4. The van der Waals surface area contributed by atoms with Gasteiger partial charge in [-0.15, -0.1) is 11.8 Å². The van der Waals surface area contributed by atoms with Crippen LogP contribution in [0.25, 0.3) is 0 Å². The molecule has 2 amide bonds. The maximum Gasteiger partial charge on any atom is 0.243 e. The Morgan fingerprint density at radius 3 is 2.33 bits per heavy atom. The summed E-state index contributed by atoms with van der Waals surface area (Å²) < 4.78 is 0.977. The standard InChI is InChI=1S/C29H32BrClN2O2S/c1-2-18-32-29(35)27(20-22-7-4-3-5-8-22)33(21-23-10-12-24(30)13-11-23)28(34)9-6-19-36-26-16-14-25(31)15-17-26/h3-5,7-8,10-17,27H,2,6,9,18-21H2,1H3,(H,32,35)/t27-/m1/s1. The number of carbonyl (C=O) groups is 2. The van der Waals surface area contributed by atoms with Crippen LogP contribution in [0.3, 0.4) is 0 Å². The van der Waals surface area contributed by atoms with E-state index in [4.69, 9.17) is 11.6 Å². The summed E-state index contributed by atoms with van der Waals surface area (Å²) in [6.45, 7) is 2.99. The van der Waals surface area contributed by atoms with Crippen LogP contribution in [0.4, 0.5) is 0 Å². The third kappa shape index (κ3) is 9.30. The average molecular weight is 588 g/mol. The van der Waals surface area contributed by atoms with Crippen molar-refractivity contribution in [2.45, 2.75) is 50.1 Å². The van der Waals surface area contributed by atoms with Crippen LogP contribution in [0.2, 0.25) is 5.02 Å². The van der Waals surface area contributed by atoms with Gasteiger partial charge in [0, 0.05) is 40.3 Å². The molecule has 0 aliphatic rings. The second kappa shape index (κ2) is 15.1. The zero-order valence-electron chi connectivity index (χ0n) is 20.5. The molecule has 0 saturated heterocycles. The van der Waals surface area contributed by atoms with Crippen LogP contribution in [0.15, 0.2) is 88.2 Å². The molecule has 36 heavy (non-hydrogen) atoms. The molecule has 0 aliphatic carbocycles. The van der Waals surface area contributed by atoms with Crippen LogP contribution in [-0.2, 0) is 22.6 Å². The highest BCUT2D eigenvalue weighted by Gasteiger charge is 2.29. The first-order valence-electron chi connectivity index (χ1n) is 12.2. The van der Waals surface area contributed by atoms with Gasteiger partial charge in [-0.2, -0.15) is 0 Å². The van der Waals surface area contributed by atoms with Crippen LogP contribution in [-0.4, -0.2) is 35.1 Å². The third-order valence-electron chi connectivity index (χ3n) is 5.70. The van der Waals surface area contributed by atoms with Crippen LogP contribution >= 0.6 is 39.3 Å². The van der Waals surface area contributed by atoms with E-state index in [1.165, 1.54) is 0 Å². The van der Waals surface area contributed by atoms with Crippen molar-refractivity contribution in [2.75, 3.05) is 12.3 Å². The van der Waals surface area contributed by atoms with Crippen molar-refractivity contribution in [3.63, 3.8) is 0 Å². The molecule has 3 aromatic rings. The Kier molecular flexibility index (Phi) is 11.9. The molecule has 1 atom stereocenters. The van der Waals surface area contributed by atoms with Gasteiger partial charge in [0.15, 0.2) is 0 Å². The Bertz CT molecular complexity index is 1090. The Hall–Kier alpha value is -2.28. The Morgan fingerprint density at radius 2 is 1.67 bits per heavy atom. The molecule has 0 fully saturated rings. The largest absolute Gasteiger partial charge is 0.354 e. The van der Waals surface area contributed by atoms with Gasteiger partial charge in [0.25, 0.3) is 0 Å². The Morgan fingerprint density at radius 1 is 0.972 bits per heavy atom. The molecule has 0 heterocycles. The average Bonchev–Trinajstić information content (AvgIpc) is 2.89. The number of hydrogen-bond donors (Lipinski definition) is 1. The first kappa shape index (κ1) is 28.3. The lowest BCUT2D eigenvalue weighted by molar-refractivity contribution is -0.141. The van der Waals surface area contributed by atoms with E-state index in [1.54, 1.807) is 16.7 Å². The van der Waals surface area contributed by atoms with Gasteiger partial charge < -0.3 is 10.2 Å². The molecule has 0 bridgehead atoms. The minimum absolute atomic E-state index is 0.0118. The van der Waals surface area contributed by atoms with Crippen molar-refractivity contribution in [2.24, 2.45) is 0 Å². The number of hydrogen-bond acceptors (Lipinski definition) is 3. The number of rotatable bonds is 13. The van der Waals surface area contributed by atoms with Gasteiger partial charge in [-0.1, -0.05) is 76.9 Å². The van der Waals surface area contributed by atoms with Gasteiger partial charge >= 0.3 is 0 Å². The predicted octanol–water partition coefficient (Wildman–Crippen LogP) is 7.14. The quantitative estimate of drug-likeness (QED) is 0.171. The second-order valence-corrected chi connectivity index (χ2v) is 11.1. The summed E-state index contributed by atoms with van der Waals surface area (Å²) in [5.41, 5.74) is 2.02. The summed E-state index contributed by atoms with van der Waals surface area (Å²) in [6.07, 6.45) is 2.41. The fourth-order valence-electron chi connectivity index (χ4n) is 3.79. The highest BCUT2D eigenvalue weighted by Crippen LogP contribution is 2.23. The summed E-state index contributed by atoms with van der Waals surface area (Å²) in [4.78, 5) is 29.8. The van der Waals surface area contributed by atoms with E-state index in [2.05, 4.69) is 21.2 Å². The van der Waals surface area contributed by atoms with Gasteiger partial charge in [0.05, 0.1) is 0 Å². The van der Waals surface area contributed by atoms with E-state index in [1.807, 2.05) is 85.8 Å². The minimum atomic E-state index is -0.584. The summed E-state index contributed by atoms with van der Waals surface area (Å²) in [5.74, 6) is 0.689. The van der Waals surface area contributed by atoms with Crippen LogP contribution in [0, 0.1) is 0 Å². The number of nitrogens with one attached hydrogen (secondary N) is 1. The van der Waals surface area contributed by atoms with E-state index in [-0.39, 0.29) is 11.8 Å². The lowest BCUT2D eigenvalue weighted by Gasteiger charge is -2.31. The van der Waals surface area contributed by atoms with Gasteiger partial charge in [0.1, 0.15) is 6.04 Å². The van der Waals surface area contributed by atoms with Gasteiger partial charge in [-0.25, -0.2) is 0 Å². The topological polar surface area (TPSA) is 49.4 Å². The van der Waals surface area contributed by atoms with E-state index >= 15 is 0 Å². The Balaban J connectivity index is 1.76. The normalized spacial score (nSPS) is 11.6. The van der Waals surface area contributed by atoms with E-state index in [0.29, 0.717) is 31.0 Å². The molecule has 0 unspecified atom stereocenters. The monoisotopic (exact) mass is 586 g/mol. The molecular formula is C29H32BrClN2O2S. The summed E-state index contributed by atoms with van der Waals surface area (Å²) in [5, 5.41) is 3.73. The van der Waals surface area contributed by atoms with Gasteiger partial charge in [-0.3, -0.25) is 9.59 Å². The Labute approximate surface area is 231 Å². The maximum atomic E-state index is 13.6. The van der Waals surface area contributed by atoms with E-state index < -0.39 is 6.04 Å². The number of halogens is 2. The molecule has 0 spiro atoms. The fraction of sp³-hybridized carbons (Fsp3) is 0.310. The smallest absolute Gasteiger partial charge is 0.243 e. The number of benzene rings is 3. The molecule has 0 aliphatic heterocycles. The number of nitrogens with zero attached hydrogens (tertiary/aromatic N) is 1. The molecule has 190 valence electrons. The summed E-state index contributed by atoms with van der Waals surface area (Å²) in [6, 6.07) is 24.9. The summed E-state index contributed by atoms with van der Waals surface area (Å²) >= 11 is 11.2. The number of carbonyl (C=O) groups excluding carboxylic acids is 2. The van der Waals surface area contributed by atoms with Crippen LogP contribution < -0.4 is 5.32 Å². The SMILES string of the molecule is CCCNC(=O)[C@@H](Cc1ccccc1)N(Cc1ccc(Br)cc1)C(=O)CCCSc1ccc(Cl)cc1. The molecule has 4 nitrogen and oxygen atoms in total. The van der Waals surface area contributed by atoms with Crippen molar-refractivity contribution in [3.8, 4) is 0 Å². The minimum Gasteiger partial charge on any atom is -0.354 e. The van der Waals surface area contributed by atoms with Gasteiger partial charge in [-0.05, 0) is 66.1 Å². The van der Waals surface area contributed by atoms with Crippen molar-refractivity contribution >= 4 is 51.1 Å². The lowest BCUT2D eigenvalue weighted by atomic mass is 10.0. The van der Waals surface area contributed by atoms with Crippen molar-refractivity contribution < 1.29 is 9.59 Å². The van der Waals surface area contributed by atoms with Crippen molar-refractivity contribution in [3.05, 3.63) is 99.5 Å². The molecule has 0 aromatic heterocycles. The number of amides is 2. The highest BCUT2D eigenvalue weighted by atomic mass is 79.9. The molecule has 0 saturated carbocycles. The van der Waals surface area contributed by atoms with E-state index in [0.717, 1.165) is 39.1 Å². The predicted molar refractivity (Wildman–Crippen MR) is 153 cm³/mol. The zero-order valence-corrected chi connectivity index (χ0v) is 23.6. The molecular weight excluding hydrogens is 556 g/mol. The molecule has 3 rings (SSSR count).